The number of hydrogen-bond acceptors (Lipinski definition) is 21. The first-order valence-corrected chi connectivity index (χ1v) is 28.0. The molecule has 81 heavy (non-hydrogen) atoms. The highest BCUT2D eigenvalue weighted by Gasteiger charge is 2.28. The lowest BCUT2D eigenvalue weighted by molar-refractivity contribution is -0.396. The number of aryl methyl sites for hydroxylation is 5. The van der Waals surface area contributed by atoms with Gasteiger partial charge in [0.05, 0.1) is 31.7 Å². The third-order valence-electron chi connectivity index (χ3n) is 12.5. The van der Waals surface area contributed by atoms with Crippen LogP contribution < -0.4 is 36.5 Å². The zero-order valence-corrected chi connectivity index (χ0v) is 50.7. The van der Waals surface area contributed by atoms with Gasteiger partial charge in [-0.25, -0.2) is 19.3 Å². The van der Waals surface area contributed by atoms with Crippen molar-refractivity contribution in [2.24, 2.45) is 35.2 Å². The Hall–Kier alpha value is -7.44. The summed E-state index contributed by atoms with van der Waals surface area (Å²) in [6.45, 7) is 8.86. The minimum absolute atomic E-state index is 0.0359. The molecule has 2 aliphatic heterocycles. The second kappa shape index (κ2) is 29.9. The Morgan fingerprint density at radius 3 is 1.72 bits per heavy atom. The molecule has 3 fully saturated rings. The maximum Gasteiger partial charge on any atom is 0.435 e. The van der Waals surface area contributed by atoms with Crippen molar-refractivity contribution in [3.63, 3.8) is 0 Å². The van der Waals surface area contributed by atoms with E-state index in [0.717, 1.165) is 78.5 Å². The van der Waals surface area contributed by atoms with Crippen molar-refractivity contribution < 1.29 is 29.0 Å². The van der Waals surface area contributed by atoms with E-state index in [-0.39, 0.29) is 36.3 Å². The highest BCUT2D eigenvalue weighted by atomic mass is 79.9. The van der Waals surface area contributed by atoms with E-state index in [0.29, 0.717) is 53.1 Å². The van der Waals surface area contributed by atoms with E-state index < -0.39 is 10.5 Å². The van der Waals surface area contributed by atoms with E-state index in [9.17, 15) is 14.9 Å². The molecule has 1 aliphatic carbocycles. The number of piperidine rings is 2. The molecule has 9 heterocycles. The van der Waals surface area contributed by atoms with Crippen molar-refractivity contribution in [2.75, 3.05) is 62.0 Å². The molecule has 0 unspecified atom stereocenters. The van der Waals surface area contributed by atoms with E-state index in [1.54, 1.807) is 53.1 Å². The number of aliphatic hydroxyl groups is 1. The van der Waals surface area contributed by atoms with Gasteiger partial charge < -0.3 is 70.5 Å². The molecule has 3 aliphatic rings. The summed E-state index contributed by atoms with van der Waals surface area (Å²) in [6, 6.07) is 1.19. The number of carbonyl (C=O) groups is 1. The Labute approximate surface area is 487 Å². The van der Waals surface area contributed by atoms with Gasteiger partial charge in [-0.05, 0) is 96.3 Å². The van der Waals surface area contributed by atoms with Gasteiger partial charge in [-0.15, -0.1) is 0 Å². The molecular formula is C51H75Br2N21O7. The van der Waals surface area contributed by atoms with Crippen molar-refractivity contribution >= 4 is 73.3 Å². The highest BCUT2D eigenvalue weighted by Crippen LogP contribution is 2.29. The van der Waals surface area contributed by atoms with Gasteiger partial charge in [0.1, 0.15) is 40.2 Å². The molecule has 0 atom stereocenters. The number of carbonyl (C=O) groups excluding carboxylic acids is 1. The summed E-state index contributed by atoms with van der Waals surface area (Å²) >= 11 is 6.34. The predicted octanol–water partition coefficient (Wildman–Crippen LogP) is 7.39. The summed E-state index contributed by atoms with van der Waals surface area (Å²) in [5, 5.41) is 39.9. The number of halogens is 2. The minimum Gasteiger partial charge on any atom is -0.461 e. The molecule has 1 saturated carbocycles. The molecule has 0 radical (unpaired) electrons. The fraction of sp³-hybridized carbons (Fsp3) is 0.529. The summed E-state index contributed by atoms with van der Waals surface area (Å²) in [7, 11) is 12.7. The van der Waals surface area contributed by atoms with Crippen molar-refractivity contribution in [3.05, 3.63) is 75.1 Å². The molecule has 0 aromatic carbocycles. The Morgan fingerprint density at radius 1 is 0.716 bits per heavy atom. The number of nitrogens with two attached hydrogens (primary N) is 1. The lowest BCUT2D eigenvalue weighted by Crippen LogP contribution is -2.44. The fourth-order valence-corrected chi connectivity index (χ4v) is 9.31. The molecule has 440 valence electrons. The number of nitrogen functional groups attached to an aromatic ring is 1. The Morgan fingerprint density at radius 2 is 1.25 bits per heavy atom. The third kappa shape index (κ3) is 19.7. The van der Waals surface area contributed by atoms with Crippen LogP contribution in [0.5, 0.6) is 12.0 Å². The smallest absolute Gasteiger partial charge is 0.435 e. The number of aromatic nitrogens is 14. The summed E-state index contributed by atoms with van der Waals surface area (Å²) < 4.78 is 27.0. The van der Waals surface area contributed by atoms with Gasteiger partial charge in [0.25, 0.3) is 12.0 Å². The van der Waals surface area contributed by atoms with Crippen LogP contribution in [0.1, 0.15) is 78.6 Å². The molecule has 2 saturated heterocycles. The van der Waals surface area contributed by atoms with Crippen LogP contribution >= 0.6 is 31.9 Å². The lowest BCUT2D eigenvalue weighted by Gasteiger charge is -2.33. The first kappa shape index (κ1) is 62.8. The van der Waals surface area contributed by atoms with Crippen LogP contribution in [-0.4, -0.2) is 153 Å². The molecule has 28 nitrogen and oxygen atoms in total. The van der Waals surface area contributed by atoms with E-state index >= 15 is 0 Å². The summed E-state index contributed by atoms with van der Waals surface area (Å²) in [5.41, 5.74) is 8.74. The predicted molar refractivity (Wildman–Crippen MR) is 314 cm³/mol. The van der Waals surface area contributed by atoms with Crippen LogP contribution in [0, 0.1) is 10.1 Å². The molecule has 10 rings (SSSR count). The van der Waals surface area contributed by atoms with Gasteiger partial charge in [-0.1, -0.05) is 24.2 Å². The maximum absolute atomic E-state index is 12.0. The highest BCUT2D eigenvalue weighted by molar-refractivity contribution is 9.10. The van der Waals surface area contributed by atoms with Crippen LogP contribution in [0.25, 0.3) is 22.3 Å². The van der Waals surface area contributed by atoms with Gasteiger partial charge in [0, 0.05) is 121 Å². The maximum atomic E-state index is 12.0. The summed E-state index contributed by atoms with van der Waals surface area (Å²) in [4.78, 5) is 52.7. The van der Waals surface area contributed by atoms with Gasteiger partial charge in [-0.2, -0.15) is 30.1 Å². The van der Waals surface area contributed by atoms with E-state index in [1.807, 2.05) is 89.9 Å². The zero-order valence-electron chi connectivity index (χ0n) is 47.5. The second-order valence-corrected chi connectivity index (χ2v) is 21.9. The molecule has 30 heteroatoms. The minimum atomic E-state index is -0.537. The number of rotatable bonds is 11. The van der Waals surface area contributed by atoms with Crippen LogP contribution in [0.4, 0.5) is 40.1 Å². The molecule has 0 bridgehead atoms. The Kier molecular flexibility index (Phi) is 23.1. The van der Waals surface area contributed by atoms with Crippen LogP contribution in [0.2, 0.25) is 0 Å². The van der Waals surface area contributed by atoms with Crippen LogP contribution in [0.3, 0.4) is 0 Å². The van der Waals surface area contributed by atoms with E-state index in [1.165, 1.54) is 30.0 Å². The average molecular weight is 1250 g/mol. The van der Waals surface area contributed by atoms with E-state index in [4.69, 9.17) is 25.1 Å². The van der Waals surface area contributed by atoms with E-state index in [2.05, 4.69) is 98.2 Å². The van der Waals surface area contributed by atoms with Crippen molar-refractivity contribution in [3.8, 4) is 34.3 Å². The van der Waals surface area contributed by atoms with Crippen molar-refractivity contribution in [2.45, 2.75) is 102 Å². The molecule has 7 aromatic rings. The summed E-state index contributed by atoms with van der Waals surface area (Å²) in [5.74, 6) is 2.62. The number of amides is 1. The molecule has 7 aromatic heterocycles. The second-order valence-electron chi connectivity index (χ2n) is 20.2. The Bertz CT molecular complexity index is 3090. The van der Waals surface area contributed by atoms with Gasteiger partial charge in [0.15, 0.2) is 5.82 Å². The Balaban J connectivity index is 0.000000176. The normalized spacial score (nSPS) is 14.8. The standard InChI is InChI=1S/C18H25N9O.C14H22BrN3O3.C9H12N6.C6H12O.C4H4BrN3O2/c1-19-16-14(12-8-22-27(3)10-12)9-21-17(25-16)23-15-11-26(2)18(24-15)28-13-4-6-20-7-5-13;1-14(2,3)21-13(19)18-7-5-10(6-8-18)20-12-16-11(15)9-17(12)4;1-11-8-7(4-12-9(10)14-8)6-3-13-15(2)5-6;7-6-4-2-1-3-5-6;1-7-2-3(5)6-4(7)8(9)10/h8-11,13,20H,4-7H2,1-3H3,(H2,19,21,23,25);9-10H,5-8H2,1-4H3;3-5H,1-2H3,(H3,10,11,12,14);6-7H,1-5H2;2H,1H3. The van der Waals surface area contributed by atoms with Crippen molar-refractivity contribution in [1.82, 2.24) is 78.4 Å². The quantitative estimate of drug-likeness (QED) is 0.0543. The van der Waals surface area contributed by atoms with Crippen molar-refractivity contribution in [1.29, 1.82) is 0 Å². The molecule has 0 spiro atoms. The van der Waals surface area contributed by atoms with Gasteiger partial charge >= 0.3 is 12.0 Å². The van der Waals surface area contributed by atoms with Crippen LogP contribution in [-0.2, 0) is 40.0 Å². The number of aliphatic hydroxyl groups excluding tert-OH is 1. The van der Waals surface area contributed by atoms with Gasteiger partial charge in [0.2, 0.25) is 16.5 Å². The largest absolute Gasteiger partial charge is 0.461 e. The number of imidazole rings is 3. The number of nitrogens with one attached hydrogen (secondary N) is 4. The number of nitro groups is 1. The first-order chi connectivity index (χ1) is 38.6. The fourth-order valence-electron chi connectivity index (χ4n) is 8.38. The number of anilines is 5. The first-order valence-electron chi connectivity index (χ1n) is 26.4. The lowest BCUT2D eigenvalue weighted by atomic mass is 9.98. The number of hydrogen-bond donors (Lipinski definition) is 6. The zero-order chi connectivity index (χ0) is 58.8. The average Bonchev–Trinajstić information content (AvgIpc) is 4.29. The molecule has 1 amide bonds. The van der Waals surface area contributed by atoms with Gasteiger partial charge in [-0.3, -0.25) is 9.36 Å². The summed E-state index contributed by atoms with van der Waals surface area (Å²) in [6.07, 6.45) is 25.6. The monoisotopic (exact) mass is 1250 g/mol. The molecule has 7 N–H and O–H groups in total. The molecular weight excluding hydrogens is 1180 g/mol. The topological polar surface area (TPSA) is 326 Å². The third-order valence-corrected chi connectivity index (χ3v) is 13.2. The number of ether oxygens (including phenoxy) is 3. The SMILES string of the molecule is CNc1nc(N)ncc1-c1cnn(C)c1.CNc1nc(Nc2cn(C)c(OC3CCNCC3)n2)ncc1-c1cnn(C)c1.Cn1cc(Br)nc1OC1CCN(C(=O)OC(C)(C)C)CC1.Cn1cc(Br)nc1[N+](=O)[O-].OC1CCCCC1. The number of likely N-dealkylation sites (tertiary alicyclic amines) is 1. The van der Waals surface area contributed by atoms with Crippen LogP contribution in [0.15, 0.2) is 65.0 Å². The number of nitrogens with zero attached hydrogens (tertiary/aromatic N) is 16.